The van der Waals surface area contributed by atoms with Crippen molar-refractivity contribution in [2.75, 3.05) is 0 Å². The van der Waals surface area contributed by atoms with Gasteiger partial charge in [-0.2, -0.15) is 0 Å². The number of pyridine rings is 2. The maximum absolute atomic E-state index is 14.7. The molecular weight excluding hydrogens is 642 g/mol. The van der Waals surface area contributed by atoms with E-state index in [1.807, 2.05) is 79.8 Å². The number of halogens is 2. The van der Waals surface area contributed by atoms with E-state index in [0.29, 0.717) is 20.2 Å². The van der Waals surface area contributed by atoms with Crippen LogP contribution in [0.5, 0.6) is 5.75 Å². The Bertz CT molecular complexity index is 1700. The van der Waals surface area contributed by atoms with E-state index < -0.39 is 40.1 Å². The van der Waals surface area contributed by atoms with Crippen molar-refractivity contribution in [2.45, 2.75) is 52.2 Å². The molecular formula is C31H30FIN2O6. The fourth-order valence-electron chi connectivity index (χ4n) is 4.97. The topological polar surface area (TPSA) is 114 Å². The maximum atomic E-state index is 14.7. The molecule has 5 rings (SSSR count). The van der Waals surface area contributed by atoms with Gasteiger partial charge in [0.2, 0.25) is 11.4 Å². The number of aliphatic carboxylic acids is 1. The first-order chi connectivity index (χ1) is 19.3. The third-order valence-electron chi connectivity index (χ3n) is 7.83. The van der Waals surface area contributed by atoms with E-state index >= 15 is 0 Å². The number of nitrogens with zero attached hydrogens (tertiary/aromatic N) is 2. The molecule has 1 aliphatic heterocycles. The lowest BCUT2D eigenvalue weighted by Gasteiger charge is -2.30. The minimum atomic E-state index is -2.03. The molecule has 0 saturated carbocycles. The first-order valence-corrected chi connectivity index (χ1v) is 14.2. The minimum absolute atomic E-state index is 0.0758. The fourth-order valence-corrected chi connectivity index (χ4v) is 5.55. The standard InChI is InChI=1S/C31H30FIN2O6/c1-18(29(2,3)4)31(39)30(41-31,28(37)38)22-10-11-35(26(36)14-22)16-21-12-20-13-25(23(32)15-24(20)34-27(21)33)40-17-19-8-6-5-7-9-19/h5-15,18,39H,16-17H2,1-4H3,(H,37,38). The van der Waals surface area contributed by atoms with Crippen molar-refractivity contribution in [3.05, 3.63) is 103 Å². The van der Waals surface area contributed by atoms with Crippen molar-refractivity contribution < 1.29 is 28.9 Å². The number of carboxylic acids is 1. The highest BCUT2D eigenvalue weighted by Crippen LogP contribution is 2.61. The Balaban J connectivity index is 1.42. The number of hydrogen-bond donors (Lipinski definition) is 2. The van der Waals surface area contributed by atoms with Crippen LogP contribution >= 0.6 is 22.6 Å². The smallest absolute Gasteiger partial charge is 0.346 e. The third-order valence-corrected chi connectivity index (χ3v) is 8.77. The molecule has 8 nitrogen and oxygen atoms in total. The lowest BCUT2D eigenvalue weighted by atomic mass is 9.73. The predicted molar refractivity (Wildman–Crippen MR) is 159 cm³/mol. The predicted octanol–water partition coefficient (Wildman–Crippen LogP) is 5.45. The molecule has 1 saturated heterocycles. The lowest BCUT2D eigenvalue weighted by molar-refractivity contribution is -0.144. The van der Waals surface area contributed by atoms with Crippen LogP contribution in [-0.4, -0.2) is 31.5 Å². The molecule has 2 N–H and O–H groups in total. The summed E-state index contributed by atoms with van der Waals surface area (Å²) in [6.07, 6.45) is 1.48. The van der Waals surface area contributed by atoms with Crippen LogP contribution in [0.2, 0.25) is 0 Å². The van der Waals surface area contributed by atoms with E-state index in [4.69, 9.17) is 9.47 Å². The Morgan fingerprint density at radius 2 is 1.88 bits per heavy atom. The first kappa shape index (κ1) is 29.2. The van der Waals surface area contributed by atoms with Crippen molar-refractivity contribution in [1.29, 1.82) is 0 Å². The van der Waals surface area contributed by atoms with Crippen LogP contribution in [0.1, 0.15) is 44.4 Å². The van der Waals surface area contributed by atoms with Gasteiger partial charge >= 0.3 is 5.97 Å². The molecule has 0 spiro atoms. The summed E-state index contributed by atoms with van der Waals surface area (Å²) in [6.45, 7) is 7.72. The van der Waals surface area contributed by atoms with Gasteiger partial charge in [-0.1, -0.05) is 58.0 Å². The molecule has 0 aliphatic carbocycles. The summed E-state index contributed by atoms with van der Waals surface area (Å²) in [5.41, 5.74) is -0.802. The van der Waals surface area contributed by atoms with Gasteiger partial charge in [-0.3, -0.25) is 4.79 Å². The number of fused-ring (bicyclic) bond motifs is 1. The number of benzene rings is 2. The number of aromatic nitrogens is 2. The van der Waals surface area contributed by atoms with Gasteiger partial charge in [0.15, 0.2) is 11.6 Å². The second-order valence-electron chi connectivity index (χ2n) is 11.4. The van der Waals surface area contributed by atoms with E-state index in [1.54, 1.807) is 13.0 Å². The van der Waals surface area contributed by atoms with Gasteiger partial charge < -0.3 is 24.3 Å². The van der Waals surface area contributed by atoms with Crippen LogP contribution in [-0.2, 0) is 28.3 Å². The largest absolute Gasteiger partial charge is 0.486 e. The van der Waals surface area contributed by atoms with Gasteiger partial charge in [-0.05, 0) is 51.8 Å². The van der Waals surface area contributed by atoms with Crippen molar-refractivity contribution in [1.82, 2.24) is 9.55 Å². The van der Waals surface area contributed by atoms with E-state index in [9.17, 15) is 24.2 Å². The highest BCUT2D eigenvalue weighted by Gasteiger charge is 2.79. The van der Waals surface area contributed by atoms with Crippen LogP contribution in [0.15, 0.2) is 71.7 Å². The number of hydrogen-bond acceptors (Lipinski definition) is 6. The van der Waals surface area contributed by atoms with Crippen LogP contribution < -0.4 is 10.3 Å². The number of carboxylic acid groups (broad SMARTS) is 1. The molecule has 0 bridgehead atoms. The molecule has 1 fully saturated rings. The number of ether oxygens (including phenoxy) is 2. The number of aliphatic hydroxyl groups is 1. The van der Waals surface area contributed by atoms with Crippen molar-refractivity contribution in [3.63, 3.8) is 0 Å². The highest BCUT2D eigenvalue weighted by molar-refractivity contribution is 14.1. The zero-order chi connectivity index (χ0) is 29.7. The first-order valence-electron chi connectivity index (χ1n) is 13.1. The summed E-state index contributed by atoms with van der Waals surface area (Å²) in [7, 11) is 0. The van der Waals surface area contributed by atoms with Crippen molar-refractivity contribution in [2.24, 2.45) is 11.3 Å². The molecule has 2 aromatic heterocycles. The molecule has 3 atom stereocenters. The molecule has 0 amide bonds. The minimum Gasteiger partial charge on any atom is -0.486 e. The zero-order valence-corrected chi connectivity index (χ0v) is 25.2. The molecule has 3 heterocycles. The SMILES string of the molecule is CC(C(C)(C)C)C1(O)OC1(C(=O)O)c1ccn(Cc2cc3cc(OCc4ccccc4)c(F)cc3nc2I)c(=O)c1. The molecule has 41 heavy (non-hydrogen) atoms. The summed E-state index contributed by atoms with van der Waals surface area (Å²) < 4.78 is 28.0. The Morgan fingerprint density at radius 1 is 1.17 bits per heavy atom. The Morgan fingerprint density at radius 3 is 2.51 bits per heavy atom. The van der Waals surface area contributed by atoms with Gasteiger partial charge in [0.05, 0.1) is 12.1 Å². The summed E-state index contributed by atoms with van der Waals surface area (Å²) in [5, 5.41) is 21.9. The third kappa shape index (κ3) is 5.24. The normalized spacial score (nSPS) is 21.0. The summed E-state index contributed by atoms with van der Waals surface area (Å²) >= 11 is 2.04. The lowest BCUT2D eigenvalue weighted by Crippen LogP contribution is -2.42. The van der Waals surface area contributed by atoms with Crippen LogP contribution in [0.25, 0.3) is 10.9 Å². The van der Waals surface area contributed by atoms with E-state index in [1.165, 1.54) is 29.0 Å². The average Bonchev–Trinajstić information content (AvgIpc) is 3.57. The molecule has 3 unspecified atom stereocenters. The molecule has 0 radical (unpaired) electrons. The number of epoxide rings is 1. The summed E-state index contributed by atoms with van der Waals surface area (Å²) in [4.78, 5) is 30.0. The van der Waals surface area contributed by atoms with E-state index in [-0.39, 0.29) is 24.5 Å². The monoisotopic (exact) mass is 672 g/mol. The number of rotatable bonds is 8. The van der Waals surface area contributed by atoms with Gasteiger partial charge in [0, 0.05) is 40.8 Å². The molecule has 2 aromatic carbocycles. The van der Waals surface area contributed by atoms with Crippen molar-refractivity contribution in [3.8, 4) is 5.75 Å². The van der Waals surface area contributed by atoms with Gasteiger partial charge in [-0.25, -0.2) is 14.2 Å². The van der Waals surface area contributed by atoms with Crippen LogP contribution in [0.3, 0.4) is 0 Å². The second-order valence-corrected chi connectivity index (χ2v) is 12.5. The molecule has 1 aliphatic rings. The number of carbonyl (C=O) groups is 1. The zero-order valence-electron chi connectivity index (χ0n) is 23.0. The van der Waals surface area contributed by atoms with Crippen molar-refractivity contribution >= 4 is 39.5 Å². The van der Waals surface area contributed by atoms with Crippen LogP contribution in [0.4, 0.5) is 4.39 Å². The Kier molecular flexibility index (Phi) is 7.46. The van der Waals surface area contributed by atoms with E-state index in [0.717, 1.165) is 5.56 Å². The fraction of sp³-hybridized carbons (Fsp3) is 0.323. The summed E-state index contributed by atoms with van der Waals surface area (Å²) in [6, 6.07) is 16.8. The average molecular weight is 672 g/mol. The molecule has 4 aromatic rings. The van der Waals surface area contributed by atoms with Gasteiger partial charge in [-0.15, -0.1) is 0 Å². The quantitative estimate of drug-likeness (QED) is 0.146. The highest BCUT2D eigenvalue weighted by atomic mass is 127. The van der Waals surface area contributed by atoms with Gasteiger partial charge in [0.25, 0.3) is 5.56 Å². The van der Waals surface area contributed by atoms with Gasteiger partial charge in [0.1, 0.15) is 10.3 Å². The summed E-state index contributed by atoms with van der Waals surface area (Å²) in [5.74, 6) is -4.28. The Hall–Kier alpha value is -3.35. The molecule has 214 valence electrons. The maximum Gasteiger partial charge on any atom is 0.346 e. The molecule has 10 heteroatoms. The van der Waals surface area contributed by atoms with Crippen LogP contribution in [0, 0.1) is 20.9 Å². The Labute approximate surface area is 249 Å². The van der Waals surface area contributed by atoms with E-state index in [2.05, 4.69) is 4.98 Å². The second kappa shape index (κ2) is 10.5.